The predicted octanol–water partition coefficient (Wildman–Crippen LogP) is 2.52. The van der Waals surface area contributed by atoms with Crippen molar-refractivity contribution in [3.63, 3.8) is 0 Å². The molecule has 2 aliphatic rings. The minimum absolute atomic E-state index is 0.0888. The third-order valence-electron chi connectivity index (χ3n) is 5.70. The van der Waals surface area contributed by atoms with Crippen molar-refractivity contribution in [1.29, 1.82) is 5.26 Å². The van der Waals surface area contributed by atoms with Crippen LogP contribution in [0.4, 0.5) is 15.8 Å². The quantitative estimate of drug-likeness (QED) is 0.731. The van der Waals surface area contributed by atoms with Crippen LogP contribution in [0.25, 0.3) is 0 Å². The number of aromatic nitrogens is 1. The van der Waals surface area contributed by atoms with E-state index in [0.29, 0.717) is 24.2 Å². The molecule has 10 heteroatoms. The number of nitriles is 1. The summed E-state index contributed by atoms with van der Waals surface area (Å²) in [6, 6.07) is 7.62. The maximum absolute atomic E-state index is 14.7. The molecule has 0 bridgehead atoms. The third-order valence-corrected chi connectivity index (χ3v) is 6.06. The number of nitrogens with one attached hydrogen (secondary N) is 1. The minimum Gasteiger partial charge on any atom is -0.494 e. The van der Waals surface area contributed by atoms with Crippen LogP contribution in [0.15, 0.2) is 30.5 Å². The molecule has 1 saturated carbocycles. The number of hydrogen-bond acceptors (Lipinski definition) is 6. The summed E-state index contributed by atoms with van der Waals surface area (Å²) in [7, 11) is 2.83. The van der Waals surface area contributed by atoms with E-state index >= 15 is 0 Å². The smallest absolute Gasteiger partial charge is 0.259 e. The van der Waals surface area contributed by atoms with Crippen LogP contribution in [-0.2, 0) is 4.79 Å². The monoisotopic (exact) mass is 439 g/mol. The van der Waals surface area contributed by atoms with Crippen LogP contribution >= 0.6 is 12.2 Å². The molecule has 2 amide bonds. The van der Waals surface area contributed by atoms with Crippen molar-refractivity contribution in [2.45, 2.75) is 24.8 Å². The molecule has 0 radical (unpaired) electrons. The normalized spacial score (nSPS) is 16.8. The molecule has 1 aliphatic carbocycles. The maximum atomic E-state index is 14.7. The van der Waals surface area contributed by atoms with Crippen molar-refractivity contribution < 1.29 is 18.7 Å². The fourth-order valence-electron chi connectivity index (χ4n) is 3.97. The lowest BCUT2D eigenvalue weighted by molar-refractivity contribution is -0.123. The first kappa shape index (κ1) is 20.7. The molecule has 31 heavy (non-hydrogen) atoms. The number of carbonyl (C=O) groups excluding carboxylic acids is 2. The summed E-state index contributed by atoms with van der Waals surface area (Å²) in [6.07, 6.45) is 3.33. The highest BCUT2D eigenvalue weighted by atomic mass is 32.1. The number of methoxy groups -OCH3 is 1. The van der Waals surface area contributed by atoms with Crippen molar-refractivity contribution in [2.75, 3.05) is 24.0 Å². The average Bonchev–Trinajstić information content (AvgIpc) is 2.99. The zero-order valence-corrected chi connectivity index (χ0v) is 17.6. The number of nitrogens with zero attached hydrogens (tertiary/aromatic N) is 4. The Morgan fingerprint density at radius 3 is 2.65 bits per heavy atom. The first-order valence-corrected chi connectivity index (χ1v) is 9.93. The highest BCUT2D eigenvalue weighted by Gasteiger charge is 2.59. The average molecular weight is 439 g/mol. The Hall–Kier alpha value is -3.58. The zero-order chi connectivity index (χ0) is 22.3. The van der Waals surface area contributed by atoms with Crippen LogP contribution in [0.5, 0.6) is 5.75 Å². The summed E-state index contributed by atoms with van der Waals surface area (Å²) in [5.74, 6) is -1.27. The second-order valence-corrected chi connectivity index (χ2v) is 7.61. The lowest BCUT2D eigenvalue weighted by Gasteiger charge is -2.43. The zero-order valence-electron chi connectivity index (χ0n) is 16.8. The highest BCUT2D eigenvalue weighted by molar-refractivity contribution is 7.81. The van der Waals surface area contributed by atoms with Gasteiger partial charge in [-0.15, -0.1) is 0 Å². The molecule has 1 spiro atoms. The van der Waals surface area contributed by atoms with Crippen molar-refractivity contribution in [3.8, 4) is 11.8 Å². The second kappa shape index (κ2) is 7.59. The summed E-state index contributed by atoms with van der Waals surface area (Å²) < 4.78 is 19.9. The Labute approximate surface area is 183 Å². The molecule has 1 saturated heterocycles. The van der Waals surface area contributed by atoms with Crippen molar-refractivity contribution >= 4 is 40.5 Å². The van der Waals surface area contributed by atoms with E-state index in [2.05, 4.69) is 10.3 Å². The summed E-state index contributed by atoms with van der Waals surface area (Å²) in [6.45, 7) is 0. The van der Waals surface area contributed by atoms with Gasteiger partial charge >= 0.3 is 0 Å². The van der Waals surface area contributed by atoms with Crippen LogP contribution in [-0.4, -0.2) is 41.6 Å². The Morgan fingerprint density at radius 1 is 1.35 bits per heavy atom. The number of anilines is 2. The van der Waals surface area contributed by atoms with Gasteiger partial charge in [0.2, 0.25) is 0 Å². The number of amides is 2. The molecule has 2 aromatic rings. The lowest BCUT2D eigenvalue weighted by atomic mass is 9.75. The van der Waals surface area contributed by atoms with Gasteiger partial charge in [0.25, 0.3) is 11.8 Å². The first-order valence-electron chi connectivity index (χ1n) is 9.52. The molecule has 2 fully saturated rings. The van der Waals surface area contributed by atoms with Crippen molar-refractivity contribution in [3.05, 3.63) is 47.5 Å². The number of pyridine rings is 1. The molecule has 8 nitrogen and oxygen atoms in total. The van der Waals surface area contributed by atoms with Crippen LogP contribution in [0.1, 0.15) is 35.3 Å². The van der Waals surface area contributed by atoms with Gasteiger partial charge in [0.1, 0.15) is 17.4 Å². The van der Waals surface area contributed by atoms with E-state index in [1.807, 2.05) is 6.07 Å². The largest absolute Gasteiger partial charge is 0.494 e. The van der Waals surface area contributed by atoms with E-state index in [1.165, 1.54) is 43.5 Å². The third kappa shape index (κ3) is 3.00. The molecular formula is C21H18FN5O3S. The van der Waals surface area contributed by atoms with Crippen LogP contribution in [0.2, 0.25) is 0 Å². The van der Waals surface area contributed by atoms with Gasteiger partial charge in [0.05, 0.1) is 24.6 Å². The number of halogens is 1. The molecular weight excluding hydrogens is 421 g/mol. The number of hydrogen-bond donors (Lipinski definition) is 1. The molecule has 1 aromatic heterocycles. The van der Waals surface area contributed by atoms with Gasteiger partial charge in [-0.1, -0.05) is 0 Å². The highest BCUT2D eigenvalue weighted by Crippen LogP contribution is 2.48. The molecule has 1 N–H and O–H groups in total. The topological polar surface area (TPSA) is 98.6 Å². The van der Waals surface area contributed by atoms with E-state index in [4.69, 9.17) is 22.2 Å². The summed E-state index contributed by atoms with van der Waals surface area (Å²) >= 11 is 5.64. The number of benzene rings is 1. The van der Waals surface area contributed by atoms with E-state index in [1.54, 1.807) is 11.0 Å². The van der Waals surface area contributed by atoms with E-state index in [-0.39, 0.29) is 28.0 Å². The molecule has 1 aliphatic heterocycles. The fraction of sp³-hybridized carbons (Fsp3) is 0.286. The maximum Gasteiger partial charge on any atom is 0.259 e. The summed E-state index contributed by atoms with van der Waals surface area (Å²) in [5, 5.41) is 11.7. The first-order chi connectivity index (χ1) is 14.9. The number of ether oxygens (including phenoxy) is 1. The predicted molar refractivity (Wildman–Crippen MR) is 114 cm³/mol. The van der Waals surface area contributed by atoms with Crippen molar-refractivity contribution in [2.24, 2.45) is 0 Å². The molecule has 158 valence electrons. The molecule has 1 aromatic carbocycles. The van der Waals surface area contributed by atoms with Gasteiger partial charge in [-0.25, -0.2) is 9.37 Å². The van der Waals surface area contributed by atoms with Crippen LogP contribution in [0.3, 0.4) is 0 Å². The van der Waals surface area contributed by atoms with Gasteiger partial charge in [-0.05, 0) is 49.7 Å². The van der Waals surface area contributed by atoms with Gasteiger partial charge < -0.3 is 15.0 Å². The van der Waals surface area contributed by atoms with E-state index in [9.17, 15) is 14.0 Å². The van der Waals surface area contributed by atoms with Gasteiger partial charge in [-0.2, -0.15) is 5.26 Å². The number of thiocarbonyl (C=S) groups is 1. The standard InChI is InChI=1S/C21H18FN5O3S/c1-24-18(28)14-5-4-12(8-15(14)22)27-20(31)26(19(29)21(27)6-3-7-21)13-9-17(30-2)16(10-23)25-11-13/h4-5,8-9,11H,3,6-7H2,1-2H3,(H,24,28). The van der Waals surface area contributed by atoms with Crippen molar-refractivity contribution in [1.82, 2.24) is 10.3 Å². The summed E-state index contributed by atoms with van der Waals surface area (Å²) in [5.41, 5.74) is -0.172. The van der Waals surface area contributed by atoms with Gasteiger partial charge in [-0.3, -0.25) is 14.5 Å². The van der Waals surface area contributed by atoms with Gasteiger partial charge in [0.15, 0.2) is 16.6 Å². The molecule has 4 rings (SSSR count). The Kier molecular flexibility index (Phi) is 5.07. The van der Waals surface area contributed by atoms with Gasteiger partial charge in [0, 0.05) is 18.8 Å². The minimum atomic E-state index is -0.917. The van der Waals surface area contributed by atoms with Crippen LogP contribution in [0, 0.1) is 17.1 Å². The Morgan fingerprint density at radius 2 is 2.10 bits per heavy atom. The molecule has 0 unspecified atom stereocenters. The van der Waals surface area contributed by atoms with E-state index < -0.39 is 17.3 Å². The lowest BCUT2D eigenvalue weighted by Crippen LogP contribution is -2.55. The number of rotatable bonds is 4. The number of carbonyl (C=O) groups is 2. The SMILES string of the molecule is CNC(=O)c1ccc(N2C(=S)N(c3cnc(C#N)c(OC)c3)C(=O)C23CCC3)cc1F. The molecule has 2 heterocycles. The van der Waals surface area contributed by atoms with Crippen LogP contribution < -0.4 is 19.9 Å². The summed E-state index contributed by atoms with van der Waals surface area (Å²) in [4.78, 5) is 32.4. The second-order valence-electron chi connectivity index (χ2n) is 7.24. The fourth-order valence-corrected chi connectivity index (χ4v) is 4.43. The molecule has 0 atom stereocenters. The Bertz CT molecular complexity index is 1160. The Balaban J connectivity index is 1.78. The van der Waals surface area contributed by atoms with E-state index in [0.717, 1.165) is 6.42 Å².